The molecule has 0 saturated carbocycles. The maximum Gasteiger partial charge on any atom is 0.256 e. The molecule has 0 bridgehead atoms. The molecule has 228 valence electrons. The van der Waals surface area contributed by atoms with E-state index in [4.69, 9.17) is 0 Å². The first-order chi connectivity index (χ1) is 19.8. The van der Waals surface area contributed by atoms with E-state index in [1.807, 2.05) is 0 Å². The number of hydrogen-bond acceptors (Lipinski definition) is 0. The average Bonchev–Trinajstić information content (AvgIpc) is 3.36. The van der Waals surface area contributed by atoms with Gasteiger partial charge in [-0.3, -0.25) is 0 Å². The number of aryl methyl sites for hydroxylation is 3. The second-order valence-corrected chi connectivity index (χ2v) is 12.5. The second-order valence-electron chi connectivity index (χ2n) is 12.5. The Hall–Kier alpha value is -1.57. The summed E-state index contributed by atoms with van der Waals surface area (Å²) >= 11 is 0. The Morgan fingerprint density at radius 1 is 0.500 bits per heavy atom. The first-order valence-corrected chi connectivity index (χ1v) is 18.0. The van der Waals surface area contributed by atoms with E-state index in [0.29, 0.717) is 0 Å². The van der Waals surface area contributed by atoms with Gasteiger partial charge in [-0.25, -0.2) is 9.13 Å². The third kappa shape index (κ3) is 17.3. The summed E-state index contributed by atoms with van der Waals surface area (Å²) in [5.74, 6) is 1.58. The van der Waals surface area contributed by atoms with Crippen molar-refractivity contribution in [3.63, 3.8) is 0 Å². The van der Waals surface area contributed by atoms with Gasteiger partial charge in [0.15, 0.2) is 0 Å². The van der Waals surface area contributed by atoms with Crippen LogP contribution in [0.2, 0.25) is 0 Å². The molecule has 0 radical (unpaired) electrons. The van der Waals surface area contributed by atoms with Crippen molar-refractivity contribution >= 4 is 0 Å². The molecular weight excluding hydrogens is 484 g/mol. The van der Waals surface area contributed by atoms with Gasteiger partial charge < -0.3 is 0 Å². The fraction of sp³-hybridized carbons (Fsp3) is 0.763. The third-order valence-electron chi connectivity index (χ3n) is 8.80. The highest BCUT2D eigenvalue weighted by Gasteiger charge is 2.16. The number of imidazole rings is 1. The largest absolute Gasteiger partial charge is 0.256 e. The summed E-state index contributed by atoms with van der Waals surface area (Å²) in [6, 6.07) is 11.0. The minimum atomic E-state index is 1.15. The zero-order chi connectivity index (χ0) is 28.4. The fourth-order valence-corrected chi connectivity index (χ4v) is 6.18. The lowest BCUT2D eigenvalue weighted by atomic mass is 10.0. The summed E-state index contributed by atoms with van der Waals surface area (Å²) in [6.45, 7) is 6.96. The van der Waals surface area contributed by atoms with Gasteiger partial charge in [0.2, 0.25) is 0 Å². The molecule has 1 heterocycles. The van der Waals surface area contributed by atoms with Crippen molar-refractivity contribution in [1.29, 1.82) is 0 Å². The van der Waals surface area contributed by atoms with Crippen molar-refractivity contribution < 1.29 is 4.57 Å². The first-order valence-electron chi connectivity index (χ1n) is 18.0. The SMILES string of the molecule is CCCCCCCCCCCCCCCCc1n(CCCCCCCCCC)cc[n+]1CCCc1ccccc1. The van der Waals surface area contributed by atoms with Crippen LogP contribution >= 0.6 is 0 Å². The van der Waals surface area contributed by atoms with Crippen molar-refractivity contribution in [3.05, 3.63) is 54.1 Å². The number of benzene rings is 1. The van der Waals surface area contributed by atoms with E-state index in [1.54, 1.807) is 5.82 Å². The van der Waals surface area contributed by atoms with Crippen LogP contribution in [0.5, 0.6) is 0 Å². The van der Waals surface area contributed by atoms with Crippen molar-refractivity contribution in [2.24, 2.45) is 0 Å². The molecule has 2 heteroatoms. The molecule has 0 atom stereocenters. The molecule has 0 aliphatic carbocycles. The Labute approximate surface area is 250 Å². The summed E-state index contributed by atoms with van der Waals surface area (Å²) in [7, 11) is 0. The van der Waals surface area contributed by atoms with Gasteiger partial charge in [-0.1, -0.05) is 166 Å². The Bertz CT molecular complexity index is 793. The van der Waals surface area contributed by atoms with Crippen LogP contribution in [0.25, 0.3) is 0 Å². The Balaban J connectivity index is 1.65. The lowest BCUT2D eigenvalue weighted by molar-refractivity contribution is -0.704. The summed E-state index contributed by atoms with van der Waals surface area (Å²) in [5.41, 5.74) is 1.47. The molecule has 1 aromatic carbocycles. The Morgan fingerprint density at radius 3 is 1.50 bits per heavy atom. The quantitative estimate of drug-likeness (QED) is 0.0734. The molecule has 0 N–H and O–H groups in total. The van der Waals surface area contributed by atoms with Gasteiger partial charge in [-0.2, -0.15) is 0 Å². The highest BCUT2D eigenvalue weighted by atomic mass is 15.1. The van der Waals surface area contributed by atoms with Gasteiger partial charge >= 0.3 is 0 Å². The van der Waals surface area contributed by atoms with Gasteiger partial charge in [0.05, 0.1) is 13.1 Å². The monoisotopic (exact) mass is 552 g/mol. The van der Waals surface area contributed by atoms with Crippen LogP contribution in [0, 0.1) is 0 Å². The summed E-state index contributed by atoms with van der Waals surface area (Å²) < 4.78 is 5.18. The van der Waals surface area contributed by atoms with Gasteiger partial charge in [0.25, 0.3) is 5.82 Å². The highest BCUT2D eigenvalue weighted by Crippen LogP contribution is 2.15. The molecule has 40 heavy (non-hydrogen) atoms. The van der Waals surface area contributed by atoms with E-state index in [1.165, 1.54) is 173 Å². The third-order valence-corrected chi connectivity index (χ3v) is 8.80. The van der Waals surface area contributed by atoms with Crippen LogP contribution in [0.4, 0.5) is 0 Å². The summed E-state index contributed by atoms with van der Waals surface area (Å²) in [5, 5.41) is 0. The van der Waals surface area contributed by atoms with Crippen LogP contribution in [-0.2, 0) is 25.9 Å². The van der Waals surface area contributed by atoms with Gasteiger partial charge in [-0.15, -0.1) is 0 Å². The van der Waals surface area contributed by atoms with Gasteiger partial charge in [0, 0.05) is 6.42 Å². The molecule has 2 nitrogen and oxygen atoms in total. The molecule has 0 aliphatic heterocycles. The summed E-state index contributed by atoms with van der Waals surface area (Å²) in [4.78, 5) is 0. The number of hydrogen-bond donors (Lipinski definition) is 0. The molecule has 0 fully saturated rings. The van der Waals surface area contributed by atoms with E-state index in [2.05, 4.69) is 65.7 Å². The number of unbranched alkanes of at least 4 members (excludes halogenated alkanes) is 20. The summed E-state index contributed by atoms with van der Waals surface area (Å²) in [6.07, 6.45) is 39.6. The van der Waals surface area contributed by atoms with E-state index in [-0.39, 0.29) is 0 Å². The maximum atomic E-state index is 2.60. The van der Waals surface area contributed by atoms with Crippen LogP contribution in [0.15, 0.2) is 42.7 Å². The van der Waals surface area contributed by atoms with E-state index in [0.717, 1.165) is 6.54 Å². The molecule has 0 saturated heterocycles. The molecule has 2 rings (SSSR count). The highest BCUT2D eigenvalue weighted by molar-refractivity contribution is 5.14. The van der Waals surface area contributed by atoms with Crippen LogP contribution < -0.4 is 4.57 Å². The lowest BCUT2D eigenvalue weighted by Crippen LogP contribution is -2.37. The maximum absolute atomic E-state index is 2.60. The standard InChI is InChI=1S/C38H67N2/c1-3-5-7-9-11-13-14-15-16-17-18-19-21-26-32-38-39(33-27-22-20-12-10-8-6-4-2)35-36-40(38)34-28-31-37-29-24-23-25-30-37/h23-25,29-30,35-36H,3-22,26-28,31-34H2,1-2H3/q+1. The van der Waals surface area contributed by atoms with Gasteiger partial charge in [-0.05, 0) is 37.7 Å². The van der Waals surface area contributed by atoms with Crippen LogP contribution in [0.3, 0.4) is 0 Å². The minimum Gasteiger partial charge on any atom is -0.234 e. The molecule has 0 spiro atoms. The van der Waals surface area contributed by atoms with Crippen molar-refractivity contribution in [1.82, 2.24) is 4.57 Å². The van der Waals surface area contributed by atoms with Crippen LogP contribution in [-0.4, -0.2) is 4.57 Å². The number of rotatable bonds is 28. The Morgan fingerprint density at radius 2 is 0.975 bits per heavy atom. The molecule has 0 amide bonds. The number of aromatic nitrogens is 2. The fourth-order valence-electron chi connectivity index (χ4n) is 6.18. The normalized spacial score (nSPS) is 11.4. The second kappa shape index (κ2) is 25.2. The predicted molar refractivity (Wildman–Crippen MR) is 176 cm³/mol. The predicted octanol–water partition coefficient (Wildman–Crippen LogP) is 11.6. The van der Waals surface area contributed by atoms with E-state index < -0.39 is 0 Å². The minimum absolute atomic E-state index is 1.15. The van der Waals surface area contributed by atoms with Gasteiger partial charge in [0.1, 0.15) is 12.4 Å². The molecular formula is C38H67N2+. The lowest BCUT2D eigenvalue weighted by Gasteiger charge is -2.07. The smallest absolute Gasteiger partial charge is 0.234 e. The molecule has 2 aromatic rings. The zero-order valence-electron chi connectivity index (χ0n) is 27.0. The van der Waals surface area contributed by atoms with Crippen LogP contribution in [0.1, 0.15) is 173 Å². The average molecular weight is 552 g/mol. The molecule has 0 unspecified atom stereocenters. The first kappa shape index (κ1) is 34.6. The Kier molecular flexibility index (Phi) is 21.8. The topological polar surface area (TPSA) is 8.81 Å². The zero-order valence-corrected chi connectivity index (χ0v) is 27.0. The molecule has 0 aliphatic rings. The van der Waals surface area contributed by atoms with Crippen molar-refractivity contribution in [2.75, 3.05) is 0 Å². The molecule has 1 aromatic heterocycles. The van der Waals surface area contributed by atoms with Crippen molar-refractivity contribution in [3.8, 4) is 0 Å². The number of nitrogens with zero attached hydrogens (tertiary/aromatic N) is 2. The van der Waals surface area contributed by atoms with E-state index in [9.17, 15) is 0 Å². The van der Waals surface area contributed by atoms with Crippen molar-refractivity contribution in [2.45, 2.75) is 187 Å². The van der Waals surface area contributed by atoms with E-state index >= 15 is 0 Å².